The molecule has 4 nitrogen and oxygen atoms in total. The Labute approximate surface area is 127 Å². The van der Waals surface area contributed by atoms with E-state index in [2.05, 4.69) is 4.98 Å². The van der Waals surface area contributed by atoms with Crippen LogP contribution >= 0.6 is 12.2 Å². The standard InChI is InChI=1S/C15H18FN3OS/c1-10(14(20)18-8-3-2-4-9-18)19-12-7-5-6-11(16)13(12)17-15(19)21/h5-7,10H,2-4,8-9H2,1H3,(H,17,21). The Kier molecular flexibility index (Phi) is 3.80. The summed E-state index contributed by atoms with van der Waals surface area (Å²) < 4.78 is 15.9. The third kappa shape index (κ3) is 2.48. The number of aromatic amines is 1. The molecule has 2 aromatic rings. The van der Waals surface area contributed by atoms with Gasteiger partial charge in [-0.1, -0.05) is 6.07 Å². The van der Waals surface area contributed by atoms with Gasteiger partial charge in [-0.3, -0.25) is 4.79 Å². The largest absolute Gasteiger partial charge is 0.341 e. The van der Waals surface area contributed by atoms with E-state index in [1.165, 1.54) is 12.5 Å². The minimum atomic E-state index is -0.425. The third-order valence-corrected chi connectivity index (χ3v) is 4.41. The quantitative estimate of drug-likeness (QED) is 0.864. The lowest BCUT2D eigenvalue weighted by molar-refractivity contribution is -0.135. The molecule has 0 radical (unpaired) electrons. The number of carbonyl (C=O) groups is 1. The number of hydrogen-bond acceptors (Lipinski definition) is 2. The third-order valence-electron chi connectivity index (χ3n) is 4.11. The van der Waals surface area contributed by atoms with Gasteiger partial charge in [0.1, 0.15) is 17.4 Å². The molecule has 0 bridgehead atoms. The zero-order chi connectivity index (χ0) is 15.0. The minimum absolute atomic E-state index is 0.0518. The molecular formula is C15H18FN3OS. The van der Waals surface area contributed by atoms with Gasteiger partial charge in [-0.05, 0) is 50.5 Å². The van der Waals surface area contributed by atoms with E-state index in [0.717, 1.165) is 25.9 Å². The average molecular weight is 307 g/mol. The van der Waals surface area contributed by atoms with Gasteiger partial charge in [0.05, 0.1) is 5.52 Å². The number of nitrogens with one attached hydrogen (secondary N) is 1. The fourth-order valence-electron chi connectivity index (χ4n) is 2.99. The molecule has 21 heavy (non-hydrogen) atoms. The number of hydrogen-bond donors (Lipinski definition) is 1. The molecule has 1 aliphatic heterocycles. The van der Waals surface area contributed by atoms with Crippen molar-refractivity contribution in [3.05, 3.63) is 28.8 Å². The molecule has 1 aromatic carbocycles. The van der Waals surface area contributed by atoms with E-state index in [4.69, 9.17) is 12.2 Å². The van der Waals surface area contributed by atoms with Crippen LogP contribution in [0.1, 0.15) is 32.2 Å². The van der Waals surface area contributed by atoms with Crippen LogP contribution in [0, 0.1) is 10.6 Å². The normalized spacial score (nSPS) is 17.1. The second-order valence-corrected chi connectivity index (χ2v) is 5.88. The summed E-state index contributed by atoms with van der Waals surface area (Å²) in [6.07, 6.45) is 3.27. The highest BCUT2D eigenvalue weighted by molar-refractivity contribution is 7.71. The number of carbonyl (C=O) groups excluding carboxylic acids is 1. The number of amides is 1. The summed E-state index contributed by atoms with van der Waals surface area (Å²) in [6, 6.07) is 4.38. The van der Waals surface area contributed by atoms with Crippen LogP contribution in [0.3, 0.4) is 0 Å². The summed E-state index contributed by atoms with van der Waals surface area (Å²) in [5.41, 5.74) is 0.999. The van der Waals surface area contributed by atoms with Gasteiger partial charge in [-0.25, -0.2) is 4.39 Å². The topological polar surface area (TPSA) is 41.0 Å². The van der Waals surface area contributed by atoms with Gasteiger partial charge in [0, 0.05) is 13.1 Å². The molecule has 0 saturated carbocycles. The molecule has 1 atom stereocenters. The Morgan fingerprint density at radius 2 is 2.05 bits per heavy atom. The molecule has 1 N–H and O–H groups in total. The molecule has 112 valence electrons. The van der Waals surface area contributed by atoms with Crippen molar-refractivity contribution in [1.29, 1.82) is 0 Å². The Hall–Kier alpha value is -1.69. The SMILES string of the molecule is CC(C(=O)N1CCCCC1)n1c(=S)[nH]c2c(F)cccc21. The monoisotopic (exact) mass is 307 g/mol. The van der Waals surface area contributed by atoms with Gasteiger partial charge in [-0.15, -0.1) is 0 Å². The summed E-state index contributed by atoms with van der Waals surface area (Å²) in [7, 11) is 0. The highest BCUT2D eigenvalue weighted by atomic mass is 32.1. The van der Waals surface area contributed by atoms with E-state index in [1.54, 1.807) is 16.7 Å². The number of aromatic nitrogens is 2. The van der Waals surface area contributed by atoms with E-state index in [0.29, 0.717) is 15.8 Å². The highest BCUT2D eigenvalue weighted by Gasteiger charge is 2.25. The Bertz CT molecular complexity index is 730. The van der Waals surface area contributed by atoms with Crippen molar-refractivity contribution in [2.75, 3.05) is 13.1 Å². The lowest BCUT2D eigenvalue weighted by Crippen LogP contribution is -2.39. The van der Waals surface area contributed by atoms with E-state index >= 15 is 0 Å². The first-order valence-electron chi connectivity index (χ1n) is 7.27. The number of para-hydroxylation sites is 1. The smallest absolute Gasteiger partial charge is 0.245 e. The number of piperidine rings is 1. The van der Waals surface area contributed by atoms with Crippen LogP contribution in [0.25, 0.3) is 11.0 Å². The lowest BCUT2D eigenvalue weighted by atomic mass is 10.1. The number of imidazole rings is 1. The molecule has 1 unspecified atom stereocenters. The van der Waals surface area contributed by atoms with E-state index in [9.17, 15) is 9.18 Å². The van der Waals surface area contributed by atoms with Gasteiger partial charge in [0.2, 0.25) is 5.91 Å². The van der Waals surface area contributed by atoms with Crippen molar-refractivity contribution in [3.8, 4) is 0 Å². The number of rotatable bonds is 2. The van der Waals surface area contributed by atoms with Crippen LogP contribution < -0.4 is 0 Å². The van der Waals surface area contributed by atoms with Crippen molar-refractivity contribution < 1.29 is 9.18 Å². The fourth-order valence-corrected chi connectivity index (χ4v) is 3.35. The van der Waals surface area contributed by atoms with Gasteiger partial charge in [-0.2, -0.15) is 0 Å². The molecule has 1 fully saturated rings. The summed E-state index contributed by atoms with van der Waals surface area (Å²) in [5.74, 6) is -0.300. The van der Waals surface area contributed by atoms with Crippen molar-refractivity contribution in [3.63, 3.8) is 0 Å². The molecule has 1 aliphatic rings. The maximum absolute atomic E-state index is 13.8. The number of benzene rings is 1. The molecule has 6 heteroatoms. The molecule has 1 amide bonds. The van der Waals surface area contributed by atoms with Gasteiger partial charge >= 0.3 is 0 Å². The number of fused-ring (bicyclic) bond motifs is 1. The number of nitrogens with zero attached hydrogens (tertiary/aromatic N) is 2. The van der Waals surface area contributed by atoms with Gasteiger partial charge < -0.3 is 14.5 Å². The summed E-state index contributed by atoms with van der Waals surface area (Å²) >= 11 is 5.28. The molecule has 3 rings (SSSR count). The van der Waals surface area contributed by atoms with Crippen LogP contribution in [0.15, 0.2) is 18.2 Å². The first-order valence-corrected chi connectivity index (χ1v) is 7.68. The first kappa shape index (κ1) is 14.3. The Balaban J connectivity index is 1.99. The van der Waals surface area contributed by atoms with Crippen molar-refractivity contribution in [1.82, 2.24) is 14.5 Å². The number of halogens is 1. The molecular weight excluding hydrogens is 289 g/mol. The first-order chi connectivity index (χ1) is 10.1. The number of likely N-dealkylation sites (tertiary alicyclic amines) is 1. The zero-order valence-electron chi connectivity index (χ0n) is 11.9. The highest BCUT2D eigenvalue weighted by Crippen LogP contribution is 2.23. The van der Waals surface area contributed by atoms with Gasteiger partial charge in [0.25, 0.3) is 0 Å². The predicted molar refractivity (Wildman–Crippen MR) is 82.2 cm³/mol. The average Bonchev–Trinajstić information content (AvgIpc) is 2.84. The van der Waals surface area contributed by atoms with E-state index in [1.807, 2.05) is 11.8 Å². The van der Waals surface area contributed by atoms with E-state index < -0.39 is 6.04 Å². The molecule has 1 aromatic heterocycles. The summed E-state index contributed by atoms with van der Waals surface area (Å²) in [4.78, 5) is 17.4. The predicted octanol–water partition coefficient (Wildman–Crippen LogP) is 3.41. The molecule has 0 aliphatic carbocycles. The number of H-pyrrole nitrogens is 1. The second kappa shape index (κ2) is 5.60. The molecule has 0 spiro atoms. The maximum Gasteiger partial charge on any atom is 0.245 e. The summed E-state index contributed by atoms with van der Waals surface area (Å²) in [5, 5.41) is 0. The van der Waals surface area contributed by atoms with Crippen LogP contribution in [0.5, 0.6) is 0 Å². The second-order valence-electron chi connectivity index (χ2n) is 5.50. The fraction of sp³-hybridized carbons (Fsp3) is 0.467. The summed E-state index contributed by atoms with van der Waals surface area (Å²) in [6.45, 7) is 3.42. The van der Waals surface area contributed by atoms with Crippen molar-refractivity contribution in [2.45, 2.75) is 32.2 Å². The maximum atomic E-state index is 13.8. The Morgan fingerprint density at radius 3 is 2.76 bits per heavy atom. The van der Waals surface area contributed by atoms with Crippen LogP contribution in [0.4, 0.5) is 4.39 Å². The molecule has 2 heterocycles. The lowest BCUT2D eigenvalue weighted by Gasteiger charge is -2.29. The minimum Gasteiger partial charge on any atom is -0.341 e. The van der Waals surface area contributed by atoms with Crippen molar-refractivity contribution >= 4 is 29.2 Å². The van der Waals surface area contributed by atoms with Crippen molar-refractivity contribution in [2.24, 2.45) is 0 Å². The van der Waals surface area contributed by atoms with Crippen LogP contribution in [0.2, 0.25) is 0 Å². The van der Waals surface area contributed by atoms with Crippen LogP contribution in [-0.2, 0) is 4.79 Å². The van der Waals surface area contributed by atoms with E-state index in [-0.39, 0.29) is 11.7 Å². The van der Waals surface area contributed by atoms with Crippen LogP contribution in [-0.4, -0.2) is 33.4 Å². The molecule has 1 saturated heterocycles. The Morgan fingerprint density at radius 1 is 1.33 bits per heavy atom. The zero-order valence-corrected chi connectivity index (χ0v) is 12.8. The van der Waals surface area contributed by atoms with Gasteiger partial charge in [0.15, 0.2) is 4.77 Å².